The number of nitrogens with one attached hydrogen (secondary N) is 1. The number of ether oxygens (including phenoxy) is 1. The first-order valence-corrected chi connectivity index (χ1v) is 7.35. The summed E-state index contributed by atoms with van der Waals surface area (Å²) in [7, 11) is 0. The standard InChI is InChI=1S/C13H21N5O4/c1-2-22-13(21)15-11-6-14-18(16-11)8-12(20)17-5-3-4-10(7-17)9-19/h6,10,19H,2-5,7-9H2,1H3,(H,15,16,21). The van der Waals surface area contributed by atoms with Crippen molar-refractivity contribution in [3.8, 4) is 0 Å². The molecule has 22 heavy (non-hydrogen) atoms. The molecule has 1 atom stereocenters. The average Bonchev–Trinajstić information content (AvgIpc) is 2.94. The van der Waals surface area contributed by atoms with Crippen LogP contribution in [0.2, 0.25) is 0 Å². The number of anilines is 1. The normalized spacial score (nSPS) is 18.1. The van der Waals surface area contributed by atoms with Crippen molar-refractivity contribution >= 4 is 17.8 Å². The van der Waals surface area contributed by atoms with Crippen LogP contribution in [0.25, 0.3) is 0 Å². The molecule has 2 amide bonds. The van der Waals surface area contributed by atoms with Gasteiger partial charge in [-0.05, 0) is 25.7 Å². The van der Waals surface area contributed by atoms with Gasteiger partial charge in [0.2, 0.25) is 5.91 Å². The summed E-state index contributed by atoms with van der Waals surface area (Å²) in [5.74, 6) is 0.277. The Bertz CT molecular complexity index is 518. The summed E-state index contributed by atoms with van der Waals surface area (Å²) in [5, 5.41) is 19.6. The molecule has 1 aliphatic rings. The molecular weight excluding hydrogens is 290 g/mol. The van der Waals surface area contributed by atoms with Gasteiger partial charge in [-0.3, -0.25) is 10.1 Å². The number of piperidine rings is 1. The summed E-state index contributed by atoms with van der Waals surface area (Å²) in [5.41, 5.74) is 0. The molecule has 9 nitrogen and oxygen atoms in total. The molecule has 1 aromatic rings. The van der Waals surface area contributed by atoms with E-state index in [9.17, 15) is 14.7 Å². The Hall–Kier alpha value is -2.16. The van der Waals surface area contributed by atoms with Crippen molar-refractivity contribution in [3.63, 3.8) is 0 Å². The van der Waals surface area contributed by atoms with E-state index in [1.54, 1.807) is 11.8 Å². The minimum Gasteiger partial charge on any atom is -0.450 e. The molecule has 1 aromatic heterocycles. The van der Waals surface area contributed by atoms with Crippen LogP contribution in [0.15, 0.2) is 6.20 Å². The number of carbonyl (C=O) groups excluding carboxylic acids is 2. The Morgan fingerprint density at radius 1 is 1.55 bits per heavy atom. The summed E-state index contributed by atoms with van der Waals surface area (Å²) in [6, 6.07) is 0. The van der Waals surface area contributed by atoms with Crippen LogP contribution in [0.1, 0.15) is 19.8 Å². The van der Waals surface area contributed by atoms with Gasteiger partial charge in [0.1, 0.15) is 6.54 Å². The fourth-order valence-corrected chi connectivity index (χ4v) is 2.36. The molecule has 0 aliphatic carbocycles. The second kappa shape index (κ2) is 7.74. The van der Waals surface area contributed by atoms with E-state index in [0.29, 0.717) is 13.1 Å². The van der Waals surface area contributed by atoms with Gasteiger partial charge in [-0.25, -0.2) is 4.79 Å². The van der Waals surface area contributed by atoms with Gasteiger partial charge in [-0.2, -0.15) is 9.90 Å². The molecule has 0 aromatic carbocycles. The number of aliphatic hydroxyl groups is 1. The van der Waals surface area contributed by atoms with E-state index in [0.717, 1.165) is 12.8 Å². The van der Waals surface area contributed by atoms with Crippen molar-refractivity contribution in [2.45, 2.75) is 26.3 Å². The highest BCUT2D eigenvalue weighted by atomic mass is 16.5. The average molecular weight is 311 g/mol. The lowest BCUT2D eigenvalue weighted by Gasteiger charge is -2.31. The third kappa shape index (κ3) is 4.42. The minimum atomic E-state index is -0.609. The van der Waals surface area contributed by atoms with Crippen LogP contribution in [0.5, 0.6) is 0 Å². The molecule has 9 heteroatoms. The summed E-state index contributed by atoms with van der Waals surface area (Å²) in [6.45, 7) is 3.31. The Labute approximate surface area is 128 Å². The second-order valence-electron chi connectivity index (χ2n) is 5.14. The van der Waals surface area contributed by atoms with Gasteiger partial charge >= 0.3 is 6.09 Å². The van der Waals surface area contributed by atoms with E-state index in [4.69, 9.17) is 4.74 Å². The molecule has 2 heterocycles. The zero-order valence-electron chi connectivity index (χ0n) is 12.6. The smallest absolute Gasteiger partial charge is 0.412 e. The maximum absolute atomic E-state index is 12.2. The van der Waals surface area contributed by atoms with E-state index in [1.165, 1.54) is 11.0 Å². The van der Waals surface area contributed by atoms with E-state index in [1.807, 2.05) is 0 Å². The molecule has 0 bridgehead atoms. The van der Waals surface area contributed by atoms with Gasteiger partial charge in [-0.15, -0.1) is 5.10 Å². The number of likely N-dealkylation sites (tertiary alicyclic amines) is 1. The van der Waals surface area contributed by atoms with Crippen LogP contribution in [0, 0.1) is 5.92 Å². The molecule has 2 rings (SSSR count). The van der Waals surface area contributed by atoms with Crippen molar-refractivity contribution in [2.24, 2.45) is 5.92 Å². The van der Waals surface area contributed by atoms with E-state index >= 15 is 0 Å². The van der Waals surface area contributed by atoms with Crippen LogP contribution < -0.4 is 5.32 Å². The Morgan fingerprint density at radius 3 is 3.09 bits per heavy atom. The second-order valence-corrected chi connectivity index (χ2v) is 5.14. The largest absolute Gasteiger partial charge is 0.450 e. The van der Waals surface area contributed by atoms with Crippen LogP contribution >= 0.6 is 0 Å². The van der Waals surface area contributed by atoms with Crippen LogP contribution in [-0.2, 0) is 16.1 Å². The lowest BCUT2D eigenvalue weighted by molar-refractivity contribution is -0.134. The Morgan fingerprint density at radius 2 is 2.36 bits per heavy atom. The van der Waals surface area contributed by atoms with Crippen molar-refractivity contribution in [1.29, 1.82) is 0 Å². The first kappa shape index (κ1) is 16.2. The van der Waals surface area contributed by atoms with E-state index in [-0.39, 0.29) is 37.4 Å². The molecule has 1 unspecified atom stereocenters. The number of rotatable bonds is 5. The summed E-state index contributed by atoms with van der Waals surface area (Å²) >= 11 is 0. The Kier molecular flexibility index (Phi) is 5.70. The molecule has 1 fully saturated rings. The molecular formula is C13H21N5O4. The first-order chi connectivity index (χ1) is 10.6. The topological polar surface area (TPSA) is 110 Å². The highest BCUT2D eigenvalue weighted by Crippen LogP contribution is 2.16. The lowest BCUT2D eigenvalue weighted by Crippen LogP contribution is -2.42. The number of aromatic nitrogens is 3. The zero-order valence-corrected chi connectivity index (χ0v) is 12.6. The summed E-state index contributed by atoms with van der Waals surface area (Å²) in [6.07, 6.45) is 2.58. The highest BCUT2D eigenvalue weighted by Gasteiger charge is 2.23. The number of nitrogens with zero attached hydrogens (tertiary/aromatic N) is 4. The first-order valence-electron chi connectivity index (χ1n) is 7.35. The van der Waals surface area contributed by atoms with Crippen molar-refractivity contribution in [3.05, 3.63) is 6.20 Å². The maximum Gasteiger partial charge on any atom is 0.412 e. The lowest BCUT2D eigenvalue weighted by atomic mass is 9.99. The molecule has 2 N–H and O–H groups in total. The summed E-state index contributed by atoms with van der Waals surface area (Å²) in [4.78, 5) is 26.4. The highest BCUT2D eigenvalue weighted by molar-refractivity contribution is 5.83. The molecule has 0 saturated carbocycles. The molecule has 122 valence electrons. The van der Waals surface area contributed by atoms with E-state index < -0.39 is 6.09 Å². The third-order valence-corrected chi connectivity index (χ3v) is 3.45. The van der Waals surface area contributed by atoms with Crippen molar-refractivity contribution < 1.29 is 19.4 Å². The fourth-order valence-electron chi connectivity index (χ4n) is 2.36. The molecule has 1 aliphatic heterocycles. The molecule has 1 saturated heterocycles. The molecule has 0 spiro atoms. The monoisotopic (exact) mass is 311 g/mol. The van der Waals surface area contributed by atoms with Crippen molar-refractivity contribution in [2.75, 3.05) is 31.6 Å². The summed E-state index contributed by atoms with van der Waals surface area (Å²) < 4.78 is 4.73. The van der Waals surface area contributed by atoms with Crippen LogP contribution in [-0.4, -0.2) is 63.3 Å². The van der Waals surface area contributed by atoms with Crippen LogP contribution in [0.3, 0.4) is 0 Å². The number of amides is 2. The molecule has 0 radical (unpaired) electrons. The predicted octanol–water partition coefficient (Wildman–Crippen LogP) is 0.0774. The fraction of sp³-hybridized carbons (Fsp3) is 0.692. The zero-order chi connectivity index (χ0) is 15.9. The van der Waals surface area contributed by atoms with Crippen molar-refractivity contribution in [1.82, 2.24) is 19.9 Å². The third-order valence-electron chi connectivity index (χ3n) is 3.45. The van der Waals surface area contributed by atoms with Gasteiger partial charge in [0, 0.05) is 19.7 Å². The Balaban J connectivity index is 1.86. The quantitative estimate of drug-likeness (QED) is 0.797. The maximum atomic E-state index is 12.2. The van der Waals surface area contributed by atoms with Gasteiger partial charge in [0.25, 0.3) is 0 Å². The number of aliphatic hydroxyl groups excluding tert-OH is 1. The predicted molar refractivity (Wildman–Crippen MR) is 77.1 cm³/mol. The number of hydrogen-bond acceptors (Lipinski definition) is 6. The van der Waals surface area contributed by atoms with E-state index in [2.05, 4.69) is 15.5 Å². The minimum absolute atomic E-state index is 0.00263. The van der Waals surface area contributed by atoms with Gasteiger partial charge in [0.05, 0.1) is 12.8 Å². The van der Waals surface area contributed by atoms with Crippen LogP contribution in [0.4, 0.5) is 10.6 Å². The number of hydrogen-bond donors (Lipinski definition) is 2. The SMILES string of the molecule is CCOC(=O)Nc1cnn(CC(=O)N2CCCC(CO)C2)n1. The van der Waals surface area contributed by atoms with Gasteiger partial charge < -0.3 is 14.7 Å². The number of carbonyl (C=O) groups is 2. The van der Waals surface area contributed by atoms with Gasteiger partial charge in [-0.1, -0.05) is 0 Å². The van der Waals surface area contributed by atoms with Gasteiger partial charge in [0.15, 0.2) is 5.82 Å².